The van der Waals surface area contributed by atoms with Crippen LogP contribution in [0.5, 0.6) is 0 Å². The van der Waals surface area contributed by atoms with Crippen LogP contribution in [0.15, 0.2) is 24.9 Å². The summed E-state index contributed by atoms with van der Waals surface area (Å²) in [4.78, 5) is 0. The van der Waals surface area contributed by atoms with Crippen LogP contribution in [0.25, 0.3) is 6.08 Å². The van der Waals surface area contributed by atoms with E-state index in [-0.39, 0.29) is 0 Å². The van der Waals surface area contributed by atoms with E-state index >= 15 is 0 Å². The van der Waals surface area contributed by atoms with E-state index in [9.17, 15) is 0 Å². The Balaban J connectivity index is 3.09. The second-order valence-corrected chi connectivity index (χ2v) is 2.62. The van der Waals surface area contributed by atoms with Crippen LogP contribution in [0.2, 0.25) is 0 Å². The highest BCUT2D eigenvalue weighted by atomic mass is 14.9. The van der Waals surface area contributed by atoms with Gasteiger partial charge in [0.15, 0.2) is 11.9 Å². The lowest BCUT2D eigenvalue weighted by molar-refractivity contribution is -0.679. The van der Waals surface area contributed by atoms with Gasteiger partial charge in [-0.1, -0.05) is 19.6 Å². The number of pyridine rings is 1. The molecular weight excluding hydrogens is 134 g/mol. The second kappa shape index (κ2) is 3.33. The summed E-state index contributed by atoms with van der Waals surface area (Å²) in [6, 6.07) is 4.23. The van der Waals surface area contributed by atoms with Crippen molar-refractivity contribution in [2.45, 2.75) is 13.3 Å². The predicted molar refractivity (Wildman–Crippen MR) is 47.1 cm³/mol. The van der Waals surface area contributed by atoms with Gasteiger partial charge in [0.2, 0.25) is 0 Å². The highest BCUT2D eigenvalue weighted by Gasteiger charge is 2.02. The predicted octanol–water partition coefficient (Wildman–Crippen LogP) is 1.72. The van der Waals surface area contributed by atoms with Crippen LogP contribution in [-0.4, -0.2) is 0 Å². The fourth-order valence-electron chi connectivity index (χ4n) is 1.15. The molecule has 1 heterocycles. The van der Waals surface area contributed by atoms with Gasteiger partial charge in [-0.2, -0.15) is 0 Å². The number of hydrogen-bond acceptors (Lipinski definition) is 0. The fraction of sp³-hybridized carbons (Fsp3) is 0.300. The fourth-order valence-corrected chi connectivity index (χ4v) is 1.15. The molecule has 1 aromatic rings. The first-order valence-electron chi connectivity index (χ1n) is 3.89. The molecule has 0 amide bonds. The summed E-state index contributed by atoms with van der Waals surface area (Å²) in [5.41, 5.74) is 2.51. The number of hydrogen-bond donors (Lipinski definition) is 0. The van der Waals surface area contributed by atoms with E-state index in [4.69, 9.17) is 0 Å². The van der Waals surface area contributed by atoms with Crippen molar-refractivity contribution >= 4 is 6.08 Å². The summed E-state index contributed by atoms with van der Waals surface area (Å²) in [5, 5.41) is 0. The van der Waals surface area contributed by atoms with E-state index in [1.165, 1.54) is 11.3 Å². The van der Waals surface area contributed by atoms with Crippen molar-refractivity contribution in [3.05, 3.63) is 36.2 Å². The Bertz CT molecular complexity index is 264. The standard InChI is InChI=1S/C10H14N/c1-4-9-6-7-10(5-2)11(3)8-9/h4,6-8H,1,5H2,2-3H3/q+1. The molecule has 1 nitrogen and oxygen atoms in total. The Kier molecular flexibility index (Phi) is 2.42. The van der Waals surface area contributed by atoms with E-state index in [0.717, 1.165) is 6.42 Å². The molecule has 0 aromatic carbocycles. The summed E-state index contributed by atoms with van der Waals surface area (Å²) >= 11 is 0. The molecule has 0 bridgehead atoms. The van der Waals surface area contributed by atoms with Crippen molar-refractivity contribution < 1.29 is 4.57 Å². The van der Waals surface area contributed by atoms with Gasteiger partial charge in [0.25, 0.3) is 0 Å². The molecule has 0 aliphatic carbocycles. The molecule has 1 aromatic heterocycles. The van der Waals surface area contributed by atoms with E-state index < -0.39 is 0 Å². The van der Waals surface area contributed by atoms with Crippen molar-refractivity contribution in [2.75, 3.05) is 0 Å². The highest BCUT2D eigenvalue weighted by molar-refractivity contribution is 5.43. The first-order valence-corrected chi connectivity index (χ1v) is 3.89. The van der Waals surface area contributed by atoms with Crippen LogP contribution in [0, 0.1) is 0 Å². The van der Waals surface area contributed by atoms with Crippen molar-refractivity contribution in [2.24, 2.45) is 7.05 Å². The first kappa shape index (κ1) is 7.99. The quantitative estimate of drug-likeness (QED) is 0.562. The molecule has 0 atom stereocenters. The van der Waals surface area contributed by atoms with Crippen LogP contribution >= 0.6 is 0 Å². The molecule has 0 saturated carbocycles. The molecule has 11 heavy (non-hydrogen) atoms. The lowest BCUT2D eigenvalue weighted by atomic mass is 10.2. The van der Waals surface area contributed by atoms with Crippen molar-refractivity contribution in [3.8, 4) is 0 Å². The maximum absolute atomic E-state index is 3.71. The molecule has 1 heteroatoms. The number of aromatic nitrogens is 1. The SMILES string of the molecule is C=Cc1ccc(CC)[n+](C)c1. The third kappa shape index (κ3) is 1.67. The number of rotatable bonds is 2. The minimum absolute atomic E-state index is 1.08. The average Bonchev–Trinajstić information content (AvgIpc) is 2.04. The summed E-state index contributed by atoms with van der Waals surface area (Å²) in [6.07, 6.45) is 5.03. The van der Waals surface area contributed by atoms with E-state index in [2.05, 4.69) is 43.4 Å². The summed E-state index contributed by atoms with van der Waals surface area (Å²) in [6.45, 7) is 5.87. The average molecular weight is 148 g/mol. The molecule has 0 aliphatic rings. The van der Waals surface area contributed by atoms with E-state index in [1.807, 2.05) is 6.08 Å². The van der Waals surface area contributed by atoms with Crippen molar-refractivity contribution in [3.63, 3.8) is 0 Å². The van der Waals surface area contributed by atoms with E-state index in [0.29, 0.717) is 0 Å². The Hall–Kier alpha value is -1.11. The number of nitrogens with zero attached hydrogens (tertiary/aromatic N) is 1. The van der Waals surface area contributed by atoms with Crippen LogP contribution < -0.4 is 4.57 Å². The van der Waals surface area contributed by atoms with E-state index in [1.54, 1.807) is 0 Å². The molecule has 0 N–H and O–H groups in total. The van der Waals surface area contributed by atoms with Crippen LogP contribution in [-0.2, 0) is 13.5 Å². The van der Waals surface area contributed by atoms with Gasteiger partial charge in [0, 0.05) is 18.1 Å². The molecular formula is C10H14N+. The minimum atomic E-state index is 1.08. The molecule has 0 aliphatic heterocycles. The van der Waals surface area contributed by atoms with Gasteiger partial charge in [-0.3, -0.25) is 0 Å². The van der Waals surface area contributed by atoms with Crippen LogP contribution in [0.3, 0.4) is 0 Å². The molecule has 58 valence electrons. The molecule has 0 unspecified atom stereocenters. The minimum Gasteiger partial charge on any atom is -0.205 e. The zero-order valence-electron chi connectivity index (χ0n) is 7.17. The van der Waals surface area contributed by atoms with Gasteiger partial charge in [-0.15, -0.1) is 0 Å². The van der Waals surface area contributed by atoms with Crippen LogP contribution in [0.4, 0.5) is 0 Å². The topological polar surface area (TPSA) is 3.88 Å². The summed E-state index contributed by atoms with van der Waals surface area (Å²) in [7, 11) is 2.06. The van der Waals surface area contributed by atoms with Gasteiger partial charge in [0.1, 0.15) is 7.05 Å². The zero-order chi connectivity index (χ0) is 8.27. The Morgan fingerprint density at radius 1 is 1.55 bits per heavy atom. The van der Waals surface area contributed by atoms with Gasteiger partial charge >= 0.3 is 0 Å². The highest BCUT2D eigenvalue weighted by Crippen LogP contribution is 1.99. The Labute approximate surface area is 68.0 Å². The maximum Gasteiger partial charge on any atom is 0.180 e. The van der Waals surface area contributed by atoms with Gasteiger partial charge in [-0.25, -0.2) is 4.57 Å². The first-order chi connectivity index (χ1) is 5.27. The van der Waals surface area contributed by atoms with Crippen molar-refractivity contribution in [1.29, 1.82) is 0 Å². The lowest BCUT2D eigenvalue weighted by Crippen LogP contribution is -2.32. The monoisotopic (exact) mass is 148 g/mol. The molecule has 0 fully saturated rings. The normalized spacial score (nSPS) is 9.64. The lowest BCUT2D eigenvalue weighted by Gasteiger charge is -1.96. The van der Waals surface area contributed by atoms with Gasteiger partial charge in [0.05, 0.1) is 0 Å². The molecule has 0 spiro atoms. The molecule has 0 saturated heterocycles. The second-order valence-electron chi connectivity index (χ2n) is 2.62. The summed E-state index contributed by atoms with van der Waals surface area (Å²) in [5.74, 6) is 0. The van der Waals surface area contributed by atoms with Gasteiger partial charge in [-0.05, 0) is 6.07 Å². The Morgan fingerprint density at radius 2 is 2.27 bits per heavy atom. The smallest absolute Gasteiger partial charge is 0.180 e. The molecule has 0 radical (unpaired) electrons. The number of aryl methyl sites for hydroxylation is 2. The third-order valence-electron chi connectivity index (χ3n) is 1.86. The summed E-state index contributed by atoms with van der Waals surface area (Å²) < 4.78 is 2.14. The third-order valence-corrected chi connectivity index (χ3v) is 1.86. The van der Waals surface area contributed by atoms with Gasteiger partial charge < -0.3 is 0 Å². The maximum atomic E-state index is 3.71. The zero-order valence-corrected chi connectivity index (χ0v) is 7.17. The van der Waals surface area contributed by atoms with Crippen molar-refractivity contribution in [1.82, 2.24) is 0 Å². The Morgan fingerprint density at radius 3 is 2.73 bits per heavy atom. The molecule has 1 rings (SSSR count). The van der Waals surface area contributed by atoms with Crippen LogP contribution in [0.1, 0.15) is 18.2 Å². The largest absolute Gasteiger partial charge is 0.205 e.